The summed E-state index contributed by atoms with van der Waals surface area (Å²) in [7, 11) is 0. The normalized spacial score (nSPS) is 15.1. The molecule has 1 aromatic carbocycles. The molecule has 0 radical (unpaired) electrons. The Morgan fingerprint density at radius 1 is 1.15 bits per heavy atom. The van der Waals surface area contributed by atoms with Crippen LogP contribution in [0.5, 0.6) is 0 Å². The largest absolute Gasteiger partial charge is 0.450 e. The van der Waals surface area contributed by atoms with Crippen LogP contribution in [0.2, 0.25) is 0 Å². The average molecular weight is 380 g/mol. The summed E-state index contributed by atoms with van der Waals surface area (Å²) in [5, 5.41) is 2.82. The molecular formula is C20H33N3O2S. The van der Waals surface area contributed by atoms with E-state index in [4.69, 9.17) is 4.74 Å². The van der Waals surface area contributed by atoms with Gasteiger partial charge in [-0.1, -0.05) is 26.0 Å². The fraction of sp³-hybridized carbons (Fsp3) is 0.650. The second-order valence-electron chi connectivity index (χ2n) is 6.56. The number of alkyl carbamates (subject to hydrolysis) is 1. The number of nitrogens with one attached hydrogen (secondary N) is 1. The van der Waals surface area contributed by atoms with Gasteiger partial charge in [0.1, 0.15) is 0 Å². The maximum absolute atomic E-state index is 11.4. The topological polar surface area (TPSA) is 44.8 Å². The predicted molar refractivity (Wildman–Crippen MR) is 110 cm³/mol. The van der Waals surface area contributed by atoms with Crippen LogP contribution in [0.25, 0.3) is 0 Å². The number of para-hydroxylation sites is 1. The number of carbonyl (C=O) groups is 1. The number of piperazine rings is 1. The Kier molecular flexibility index (Phi) is 9.71. The van der Waals surface area contributed by atoms with E-state index in [0.717, 1.165) is 45.6 Å². The molecule has 1 N–H and O–H groups in total. The molecule has 1 saturated heterocycles. The number of benzene rings is 1. The Morgan fingerprint density at radius 3 is 2.65 bits per heavy atom. The zero-order valence-corrected chi connectivity index (χ0v) is 17.0. The highest BCUT2D eigenvalue weighted by atomic mass is 32.2. The third-order valence-electron chi connectivity index (χ3n) is 4.40. The monoisotopic (exact) mass is 379 g/mol. The van der Waals surface area contributed by atoms with Crippen molar-refractivity contribution in [3.05, 3.63) is 24.3 Å². The number of rotatable bonds is 10. The molecule has 1 heterocycles. The lowest BCUT2D eigenvalue weighted by Gasteiger charge is -2.37. The lowest BCUT2D eigenvalue weighted by atomic mass is 10.2. The molecule has 2 rings (SSSR count). The molecule has 26 heavy (non-hydrogen) atoms. The number of thioether (sulfide) groups is 1. The van der Waals surface area contributed by atoms with Crippen LogP contribution in [0.4, 0.5) is 10.5 Å². The van der Waals surface area contributed by atoms with E-state index < -0.39 is 0 Å². The molecule has 0 atom stereocenters. The van der Waals surface area contributed by atoms with E-state index in [1.165, 1.54) is 22.8 Å². The van der Waals surface area contributed by atoms with Crippen molar-refractivity contribution in [2.24, 2.45) is 0 Å². The van der Waals surface area contributed by atoms with E-state index in [0.29, 0.717) is 13.2 Å². The van der Waals surface area contributed by atoms with Gasteiger partial charge in [0, 0.05) is 37.6 Å². The summed E-state index contributed by atoms with van der Waals surface area (Å²) in [6.45, 7) is 10.7. The van der Waals surface area contributed by atoms with Crippen molar-refractivity contribution in [3.63, 3.8) is 0 Å². The SMILES string of the molecule is CCCOC(=O)NCCCN1CCN(c2ccccc2SCCC)CC1. The van der Waals surface area contributed by atoms with Gasteiger partial charge in [0.2, 0.25) is 0 Å². The summed E-state index contributed by atoms with van der Waals surface area (Å²) in [4.78, 5) is 17.8. The average Bonchev–Trinajstić information content (AvgIpc) is 2.69. The number of nitrogens with zero attached hydrogens (tertiary/aromatic N) is 2. The van der Waals surface area contributed by atoms with Crippen molar-refractivity contribution in [1.82, 2.24) is 10.2 Å². The number of anilines is 1. The number of amides is 1. The van der Waals surface area contributed by atoms with E-state index in [2.05, 4.69) is 46.3 Å². The fourth-order valence-electron chi connectivity index (χ4n) is 3.00. The van der Waals surface area contributed by atoms with Crippen LogP contribution in [0.3, 0.4) is 0 Å². The number of hydrogen-bond donors (Lipinski definition) is 1. The molecule has 1 amide bonds. The second-order valence-corrected chi connectivity index (χ2v) is 7.70. The van der Waals surface area contributed by atoms with Crippen molar-refractivity contribution in [2.75, 3.05) is 56.5 Å². The van der Waals surface area contributed by atoms with Crippen LogP contribution in [0, 0.1) is 0 Å². The lowest BCUT2D eigenvalue weighted by Crippen LogP contribution is -2.47. The van der Waals surface area contributed by atoms with Gasteiger partial charge < -0.3 is 15.0 Å². The molecule has 0 spiro atoms. The first-order chi connectivity index (χ1) is 12.7. The summed E-state index contributed by atoms with van der Waals surface area (Å²) in [6.07, 6.45) is 2.73. The molecule has 0 aliphatic carbocycles. The van der Waals surface area contributed by atoms with E-state index in [9.17, 15) is 4.79 Å². The molecule has 1 fully saturated rings. The minimum Gasteiger partial charge on any atom is -0.450 e. The maximum atomic E-state index is 11.4. The summed E-state index contributed by atoms with van der Waals surface area (Å²) in [5.41, 5.74) is 1.38. The van der Waals surface area contributed by atoms with Gasteiger partial charge in [0.25, 0.3) is 0 Å². The summed E-state index contributed by atoms with van der Waals surface area (Å²) in [6, 6.07) is 8.77. The van der Waals surface area contributed by atoms with Crippen molar-refractivity contribution < 1.29 is 9.53 Å². The fourth-order valence-corrected chi connectivity index (χ4v) is 3.95. The highest BCUT2D eigenvalue weighted by Crippen LogP contribution is 2.31. The van der Waals surface area contributed by atoms with Crippen molar-refractivity contribution in [1.29, 1.82) is 0 Å². The van der Waals surface area contributed by atoms with Gasteiger partial charge in [-0.3, -0.25) is 4.90 Å². The van der Waals surface area contributed by atoms with Crippen LogP contribution < -0.4 is 10.2 Å². The van der Waals surface area contributed by atoms with Crippen LogP contribution >= 0.6 is 11.8 Å². The smallest absolute Gasteiger partial charge is 0.407 e. The number of ether oxygens (including phenoxy) is 1. The van der Waals surface area contributed by atoms with Crippen molar-refractivity contribution >= 4 is 23.5 Å². The Balaban J connectivity index is 1.68. The predicted octanol–water partition coefficient (Wildman–Crippen LogP) is 3.84. The first-order valence-corrected chi connectivity index (χ1v) is 10.8. The Morgan fingerprint density at radius 2 is 1.92 bits per heavy atom. The van der Waals surface area contributed by atoms with Gasteiger partial charge in [-0.05, 0) is 43.7 Å². The minimum absolute atomic E-state index is 0.294. The Hall–Kier alpha value is -1.40. The van der Waals surface area contributed by atoms with Gasteiger partial charge >= 0.3 is 6.09 Å². The highest BCUT2D eigenvalue weighted by molar-refractivity contribution is 7.99. The lowest BCUT2D eigenvalue weighted by molar-refractivity contribution is 0.145. The van der Waals surface area contributed by atoms with E-state index in [-0.39, 0.29) is 6.09 Å². The molecule has 1 aliphatic rings. The summed E-state index contributed by atoms with van der Waals surface area (Å²) >= 11 is 1.96. The van der Waals surface area contributed by atoms with Crippen LogP contribution in [-0.4, -0.2) is 62.6 Å². The molecular weight excluding hydrogens is 346 g/mol. The van der Waals surface area contributed by atoms with E-state index >= 15 is 0 Å². The third-order valence-corrected chi connectivity index (χ3v) is 5.67. The molecule has 1 aliphatic heterocycles. The molecule has 0 saturated carbocycles. The van der Waals surface area contributed by atoms with E-state index in [1.54, 1.807) is 0 Å². The highest BCUT2D eigenvalue weighted by Gasteiger charge is 2.18. The number of carbonyl (C=O) groups excluding carboxylic acids is 1. The van der Waals surface area contributed by atoms with Gasteiger partial charge in [-0.25, -0.2) is 4.79 Å². The zero-order chi connectivity index (χ0) is 18.6. The minimum atomic E-state index is -0.294. The van der Waals surface area contributed by atoms with Gasteiger partial charge in [-0.2, -0.15) is 0 Å². The maximum Gasteiger partial charge on any atom is 0.407 e. The van der Waals surface area contributed by atoms with Gasteiger partial charge in [-0.15, -0.1) is 11.8 Å². The molecule has 0 unspecified atom stereocenters. The molecule has 1 aromatic rings. The summed E-state index contributed by atoms with van der Waals surface area (Å²) in [5.74, 6) is 1.17. The van der Waals surface area contributed by atoms with Crippen LogP contribution in [0.15, 0.2) is 29.2 Å². The molecule has 5 nitrogen and oxygen atoms in total. The van der Waals surface area contributed by atoms with Gasteiger partial charge in [0.05, 0.1) is 12.3 Å². The van der Waals surface area contributed by atoms with Crippen molar-refractivity contribution in [3.8, 4) is 0 Å². The summed E-state index contributed by atoms with van der Waals surface area (Å²) < 4.78 is 5.01. The second kappa shape index (κ2) is 12.1. The Labute approximate surface area is 162 Å². The van der Waals surface area contributed by atoms with Crippen LogP contribution in [-0.2, 0) is 4.74 Å². The first kappa shape index (κ1) is 20.9. The quantitative estimate of drug-likeness (QED) is 0.494. The Bertz CT molecular complexity index is 534. The van der Waals surface area contributed by atoms with E-state index in [1.807, 2.05) is 18.7 Å². The van der Waals surface area contributed by atoms with Gasteiger partial charge in [0.15, 0.2) is 0 Å². The molecule has 6 heteroatoms. The third kappa shape index (κ3) is 7.08. The zero-order valence-electron chi connectivity index (χ0n) is 16.2. The molecule has 0 aromatic heterocycles. The molecule has 0 bridgehead atoms. The number of hydrogen-bond acceptors (Lipinski definition) is 5. The first-order valence-electron chi connectivity index (χ1n) is 9.84. The molecule has 146 valence electrons. The van der Waals surface area contributed by atoms with Crippen LogP contribution in [0.1, 0.15) is 33.1 Å². The standard InChI is InChI=1S/C20H33N3O2S/c1-3-16-25-20(24)21-10-7-11-22-12-14-23(15-13-22)18-8-5-6-9-19(18)26-17-4-2/h5-6,8-9H,3-4,7,10-17H2,1-2H3,(H,21,24). The van der Waals surface area contributed by atoms with Crippen molar-refractivity contribution in [2.45, 2.75) is 38.0 Å².